The van der Waals surface area contributed by atoms with Gasteiger partial charge in [-0.3, -0.25) is 4.79 Å². The summed E-state index contributed by atoms with van der Waals surface area (Å²) in [6.45, 7) is 1.35. The number of thioether (sulfide) groups is 1. The van der Waals surface area contributed by atoms with Gasteiger partial charge in [-0.2, -0.15) is 4.98 Å². The molecule has 2 aromatic carbocycles. The molecule has 0 amide bonds. The first-order valence-corrected chi connectivity index (χ1v) is 8.82. The van der Waals surface area contributed by atoms with E-state index >= 15 is 0 Å². The van der Waals surface area contributed by atoms with Crippen molar-refractivity contribution in [3.05, 3.63) is 59.9 Å². The first kappa shape index (κ1) is 17.0. The quantitative estimate of drug-likeness (QED) is 0.381. The molecule has 0 fully saturated rings. The lowest BCUT2D eigenvalue weighted by atomic mass is 10.2. The standard InChI is InChI=1S/C19H16N2O3S/c1-13(22)23-17-6-4-3-5-16(17)19-20-18(21-24-19)12-9-14-7-10-15(25-2)11-8-14/h3-12H,1-2H3. The van der Waals surface area contributed by atoms with Crippen molar-refractivity contribution in [3.63, 3.8) is 0 Å². The molecule has 25 heavy (non-hydrogen) atoms. The number of rotatable bonds is 5. The van der Waals surface area contributed by atoms with Crippen LogP contribution in [0.15, 0.2) is 57.9 Å². The summed E-state index contributed by atoms with van der Waals surface area (Å²) in [5.41, 5.74) is 1.62. The fraction of sp³-hybridized carbons (Fsp3) is 0.105. The van der Waals surface area contributed by atoms with Gasteiger partial charge >= 0.3 is 5.97 Å². The fourth-order valence-corrected chi connectivity index (χ4v) is 2.59. The molecule has 5 nitrogen and oxygen atoms in total. The molecule has 0 unspecified atom stereocenters. The SMILES string of the molecule is CSc1ccc(C=Cc2noc(-c3ccccc3OC(C)=O)n2)cc1. The molecule has 1 heterocycles. The number of carbonyl (C=O) groups excluding carboxylic acids is 1. The minimum absolute atomic E-state index is 0.300. The van der Waals surface area contributed by atoms with Crippen LogP contribution in [0.3, 0.4) is 0 Å². The number of benzene rings is 2. The maximum atomic E-state index is 11.2. The Balaban J connectivity index is 1.80. The number of nitrogens with zero attached hydrogens (tertiary/aromatic N) is 2. The molecule has 0 atom stereocenters. The summed E-state index contributed by atoms with van der Waals surface area (Å²) in [5.74, 6) is 0.735. The molecule has 3 aromatic rings. The summed E-state index contributed by atoms with van der Waals surface area (Å²) >= 11 is 1.70. The highest BCUT2D eigenvalue weighted by atomic mass is 32.2. The Labute approximate surface area is 149 Å². The van der Waals surface area contributed by atoms with Crippen molar-refractivity contribution in [1.29, 1.82) is 0 Å². The predicted molar refractivity (Wildman–Crippen MR) is 98.2 cm³/mol. The van der Waals surface area contributed by atoms with E-state index in [2.05, 4.69) is 22.3 Å². The van der Waals surface area contributed by atoms with Crippen molar-refractivity contribution in [2.24, 2.45) is 0 Å². The predicted octanol–water partition coefficient (Wildman–Crippen LogP) is 4.55. The molecule has 0 aliphatic rings. The summed E-state index contributed by atoms with van der Waals surface area (Å²) in [4.78, 5) is 16.8. The maximum absolute atomic E-state index is 11.2. The smallest absolute Gasteiger partial charge is 0.308 e. The van der Waals surface area contributed by atoms with Gasteiger partial charge in [0.1, 0.15) is 5.75 Å². The topological polar surface area (TPSA) is 65.2 Å². The third-order valence-corrected chi connectivity index (χ3v) is 4.10. The van der Waals surface area contributed by atoms with Crippen LogP contribution in [-0.2, 0) is 4.79 Å². The molecule has 0 radical (unpaired) electrons. The molecule has 0 bridgehead atoms. The van der Waals surface area contributed by atoms with Crippen molar-refractivity contribution in [3.8, 4) is 17.2 Å². The number of para-hydroxylation sites is 1. The van der Waals surface area contributed by atoms with E-state index in [0.29, 0.717) is 23.0 Å². The second-order valence-electron chi connectivity index (χ2n) is 5.15. The second-order valence-corrected chi connectivity index (χ2v) is 6.03. The molecule has 0 aliphatic carbocycles. The number of aromatic nitrogens is 2. The minimum atomic E-state index is -0.402. The van der Waals surface area contributed by atoms with Crippen molar-refractivity contribution < 1.29 is 14.1 Å². The number of ether oxygens (including phenoxy) is 1. The lowest BCUT2D eigenvalue weighted by Crippen LogP contribution is -2.02. The van der Waals surface area contributed by atoms with Gasteiger partial charge in [0.2, 0.25) is 0 Å². The Morgan fingerprint density at radius 2 is 1.88 bits per heavy atom. The average Bonchev–Trinajstić information content (AvgIpc) is 3.09. The number of esters is 1. The third-order valence-electron chi connectivity index (χ3n) is 3.35. The first-order chi connectivity index (χ1) is 12.2. The minimum Gasteiger partial charge on any atom is -0.426 e. The Morgan fingerprint density at radius 3 is 2.60 bits per heavy atom. The van der Waals surface area contributed by atoms with Gasteiger partial charge in [0.25, 0.3) is 5.89 Å². The van der Waals surface area contributed by atoms with Crippen molar-refractivity contribution >= 4 is 29.9 Å². The van der Waals surface area contributed by atoms with Crippen LogP contribution in [0.25, 0.3) is 23.6 Å². The Bertz CT molecular complexity index is 901. The van der Waals surface area contributed by atoms with E-state index in [1.165, 1.54) is 11.8 Å². The van der Waals surface area contributed by atoms with E-state index in [9.17, 15) is 4.79 Å². The van der Waals surface area contributed by atoms with Crippen LogP contribution in [0.1, 0.15) is 18.3 Å². The lowest BCUT2D eigenvalue weighted by molar-refractivity contribution is -0.131. The third kappa shape index (κ3) is 4.36. The van der Waals surface area contributed by atoms with Gasteiger partial charge in [-0.1, -0.05) is 35.5 Å². The molecule has 1 aromatic heterocycles. The molecule has 0 spiro atoms. The highest BCUT2D eigenvalue weighted by Crippen LogP contribution is 2.28. The molecule has 0 N–H and O–H groups in total. The Morgan fingerprint density at radius 1 is 1.12 bits per heavy atom. The van der Waals surface area contributed by atoms with Gasteiger partial charge in [-0.15, -0.1) is 11.8 Å². The average molecular weight is 352 g/mol. The summed E-state index contributed by atoms with van der Waals surface area (Å²) < 4.78 is 10.5. The summed E-state index contributed by atoms with van der Waals surface area (Å²) in [6.07, 6.45) is 5.73. The summed E-state index contributed by atoms with van der Waals surface area (Å²) in [6, 6.07) is 15.2. The van der Waals surface area contributed by atoms with E-state index < -0.39 is 5.97 Å². The number of carbonyl (C=O) groups is 1. The van der Waals surface area contributed by atoms with Crippen LogP contribution < -0.4 is 4.74 Å². The maximum Gasteiger partial charge on any atom is 0.308 e. The van der Waals surface area contributed by atoms with Gasteiger partial charge in [0.05, 0.1) is 5.56 Å². The summed E-state index contributed by atoms with van der Waals surface area (Å²) in [7, 11) is 0. The lowest BCUT2D eigenvalue weighted by Gasteiger charge is -2.04. The van der Waals surface area contributed by atoms with Gasteiger partial charge in [0.15, 0.2) is 5.82 Å². The zero-order chi connectivity index (χ0) is 17.6. The molecule has 3 rings (SSSR count). The number of hydrogen-bond donors (Lipinski definition) is 0. The van der Waals surface area contributed by atoms with Crippen LogP contribution in [0, 0.1) is 0 Å². The zero-order valence-corrected chi connectivity index (χ0v) is 14.6. The normalized spacial score (nSPS) is 11.0. The Kier molecular flexibility index (Phi) is 5.30. The Hall–Kier alpha value is -2.86. The first-order valence-electron chi connectivity index (χ1n) is 7.59. The van der Waals surface area contributed by atoms with E-state index in [1.807, 2.05) is 30.5 Å². The molecular formula is C19H16N2O3S. The molecule has 0 saturated carbocycles. The van der Waals surface area contributed by atoms with Crippen molar-refractivity contribution in [2.45, 2.75) is 11.8 Å². The van der Waals surface area contributed by atoms with Gasteiger partial charge in [-0.25, -0.2) is 0 Å². The van der Waals surface area contributed by atoms with E-state index in [1.54, 1.807) is 36.0 Å². The molecule has 0 saturated heterocycles. The molecular weight excluding hydrogens is 336 g/mol. The second kappa shape index (κ2) is 7.81. The molecule has 6 heteroatoms. The summed E-state index contributed by atoms with van der Waals surface area (Å²) in [5, 5.41) is 3.94. The zero-order valence-electron chi connectivity index (χ0n) is 13.8. The van der Waals surface area contributed by atoms with Gasteiger partial charge < -0.3 is 9.26 Å². The highest BCUT2D eigenvalue weighted by molar-refractivity contribution is 7.98. The van der Waals surface area contributed by atoms with E-state index in [0.717, 1.165) is 5.56 Å². The van der Waals surface area contributed by atoms with Crippen LogP contribution in [-0.4, -0.2) is 22.4 Å². The van der Waals surface area contributed by atoms with E-state index in [4.69, 9.17) is 9.26 Å². The van der Waals surface area contributed by atoms with Crippen LogP contribution in [0.2, 0.25) is 0 Å². The van der Waals surface area contributed by atoms with Crippen molar-refractivity contribution in [2.75, 3.05) is 6.26 Å². The van der Waals surface area contributed by atoms with Gasteiger partial charge in [0, 0.05) is 11.8 Å². The number of hydrogen-bond acceptors (Lipinski definition) is 6. The highest BCUT2D eigenvalue weighted by Gasteiger charge is 2.13. The monoisotopic (exact) mass is 352 g/mol. The van der Waals surface area contributed by atoms with E-state index in [-0.39, 0.29) is 0 Å². The van der Waals surface area contributed by atoms with Crippen LogP contribution in [0.5, 0.6) is 5.75 Å². The molecule has 0 aliphatic heterocycles. The van der Waals surface area contributed by atoms with Crippen LogP contribution in [0.4, 0.5) is 0 Å². The largest absolute Gasteiger partial charge is 0.426 e. The molecule has 126 valence electrons. The van der Waals surface area contributed by atoms with Crippen molar-refractivity contribution in [1.82, 2.24) is 10.1 Å². The van der Waals surface area contributed by atoms with Gasteiger partial charge in [-0.05, 0) is 42.2 Å². The van der Waals surface area contributed by atoms with Crippen LogP contribution >= 0.6 is 11.8 Å². The fourth-order valence-electron chi connectivity index (χ4n) is 2.18.